The zero-order valence-corrected chi connectivity index (χ0v) is 10.7. The van der Waals surface area contributed by atoms with Crippen LogP contribution < -0.4 is 4.74 Å². The van der Waals surface area contributed by atoms with Crippen LogP contribution in [0.1, 0.15) is 0 Å². The molecular formula is C15H16O5. The van der Waals surface area contributed by atoms with Crippen molar-refractivity contribution in [3.05, 3.63) is 42.5 Å². The van der Waals surface area contributed by atoms with Gasteiger partial charge in [-0.1, -0.05) is 36.4 Å². The number of aliphatic hydroxyl groups is 3. The molecule has 2 aromatic rings. The lowest BCUT2D eigenvalue weighted by molar-refractivity contribution is -0.115. The molecule has 3 N–H and O–H groups in total. The van der Waals surface area contributed by atoms with E-state index in [4.69, 9.17) is 14.6 Å². The molecule has 0 aliphatic carbocycles. The molecule has 0 aromatic heterocycles. The second-order valence-electron chi connectivity index (χ2n) is 4.80. The van der Waals surface area contributed by atoms with Crippen molar-refractivity contribution in [3.8, 4) is 5.75 Å². The largest absolute Gasteiger partial charge is 0.461 e. The maximum Gasteiger partial charge on any atom is 0.229 e. The lowest BCUT2D eigenvalue weighted by Crippen LogP contribution is -2.35. The Balaban J connectivity index is 1.87. The normalized spacial score (nSPS) is 29.8. The smallest absolute Gasteiger partial charge is 0.229 e. The third kappa shape index (κ3) is 2.25. The fraction of sp³-hybridized carbons (Fsp3) is 0.333. The maximum absolute atomic E-state index is 9.88. The lowest BCUT2D eigenvalue weighted by Gasteiger charge is -2.18. The Hall–Kier alpha value is -1.66. The van der Waals surface area contributed by atoms with Crippen molar-refractivity contribution < 1.29 is 24.8 Å². The Labute approximate surface area is 116 Å². The average Bonchev–Trinajstić information content (AvgIpc) is 2.75. The number of hydrogen-bond donors (Lipinski definition) is 3. The molecule has 5 nitrogen and oxygen atoms in total. The van der Waals surface area contributed by atoms with Gasteiger partial charge in [-0.15, -0.1) is 0 Å². The van der Waals surface area contributed by atoms with Crippen LogP contribution in [0, 0.1) is 0 Å². The molecule has 0 radical (unpaired) electrons. The zero-order chi connectivity index (χ0) is 14.1. The molecule has 20 heavy (non-hydrogen) atoms. The van der Waals surface area contributed by atoms with Gasteiger partial charge in [0.25, 0.3) is 0 Å². The van der Waals surface area contributed by atoms with Gasteiger partial charge in [-0.2, -0.15) is 0 Å². The lowest BCUT2D eigenvalue weighted by atomic mass is 10.1. The van der Waals surface area contributed by atoms with E-state index < -0.39 is 24.6 Å². The molecule has 3 rings (SSSR count). The second-order valence-corrected chi connectivity index (χ2v) is 4.80. The second kappa shape index (κ2) is 5.38. The molecule has 2 aromatic carbocycles. The van der Waals surface area contributed by atoms with Crippen molar-refractivity contribution in [3.63, 3.8) is 0 Å². The van der Waals surface area contributed by atoms with Crippen molar-refractivity contribution >= 4 is 10.8 Å². The molecule has 5 heteroatoms. The van der Waals surface area contributed by atoms with E-state index in [2.05, 4.69) is 0 Å². The van der Waals surface area contributed by atoms with Gasteiger partial charge in [-0.25, -0.2) is 0 Å². The van der Waals surface area contributed by atoms with Gasteiger partial charge in [-0.05, 0) is 11.5 Å². The molecule has 1 unspecified atom stereocenters. The first-order chi connectivity index (χ1) is 9.70. The van der Waals surface area contributed by atoms with E-state index in [9.17, 15) is 10.2 Å². The molecule has 0 spiro atoms. The van der Waals surface area contributed by atoms with Crippen LogP contribution in [-0.2, 0) is 4.74 Å². The third-order valence-corrected chi connectivity index (χ3v) is 3.49. The summed E-state index contributed by atoms with van der Waals surface area (Å²) in [5, 5.41) is 30.6. The molecule has 0 saturated carbocycles. The molecule has 1 heterocycles. The Morgan fingerprint density at radius 3 is 2.50 bits per heavy atom. The van der Waals surface area contributed by atoms with Gasteiger partial charge in [0.1, 0.15) is 24.1 Å². The molecular weight excluding hydrogens is 260 g/mol. The van der Waals surface area contributed by atoms with E-state index in [-0.39, 0.29) is 6.61 Å². The highest BCUT2D eigenvalue weighted by atomic mass is 16.7. The molecule has 1 saturated heterocycles. The number of aliphatic hydroxyl groups excluding tert-OH is 3. The van der Waals surface area contributed by atoms with Crippen LogP contribution in [-0.4, -0.2) is 46.5 Å². The van der Waals surface area contributed by atoms with Crippen LogP contribution in [0.4, 0.5) is 0 Å². The summed E-state index contributed by atoms with van der Waals surface area (Å²) in [6.45, 7) is -0.367. The maximum atomic E-state index is 9.88. The molecule has 0 amide bonds. The fourth-order valence-corrected chi connectivity index (χ4v) is 2.39. The van der Waals surface area contributed by atoms with E-state index in [0.29, 0.717) is 5.75 Å². The quantitative estimate of drug-likeness (QED) is 0.767. The predicted octanol–water partition coefficient (Wildman–Crippen LogP) is 0.658. The number of benzene rings is 2. The summed E-state index contributed by atoms with van der Waals surface area (Å²) in [4.78, 5) is 0. The van der Waals surface area contributed by atoms with Crippen molar-refractivity contribution in [2.24, 2.45) is 0 Å². The van der Waals surface area contributed by atoms with Gasteiger partial charge < -0.3 is 24.8 Å². The summed E-state index contributed by atoms with van der Waals surface area (Å²) in [6.07, 6.45) is -4.16. The highest BCUT2D eigenvalue weighted by Crippen LogP contribution is 2.29. The average molecular weight is 276 g/mol. The number of rotatable bonds is 3. The van der Waals surface area contributed by atoms with Crippen molar-refractivity contribution in [1.82, 2.24) is 0 Å². The van der Waals surface area contributed by atoms with Gasteiger partial charge in [-0.3, -0.25) is 0 Å². The monoisotopic (exact) mass is 276 g/mol. The van der Waals surface area contributed by atoms with Crippen LogP contribution in [0.15, 0.2) is 42.5 Å². The van der Waals surface area contributed by atoms with Crippen LogP contribution >= 0.6 is 0 Å². The summed E-state index contributed by atoms with van der Waals surface area (Å²) in [6, 6.07) is 13.3. The van der Waals surface area contributed by atoms with Gasteiger partial charge in [0, 0.05) is 5.39 Å². The Kier molecular flexibility index (Phi) is 3.58. The number of fused-ring (bicyclic) bond motifs is 1. The van der Waals surface area contributed by atoms with Gasteiger partial charge in [0.05, 0.1) is 6.61 Å². The van der Waals surface area contributed by atoms with E-state index in [1.54, 1.807) is 6.07 Å². The number of hydrogen-bond acceptors (Lipinski definition) is 5. The highest BCUT2D eigenvalue weighted by molar-refractivity contribution is 5.88. The van der Waals surface area contributed by atoms with E-state index in [1.807, 2.05) is 36.4 Å². The molecule has 1 aliphatic heterocycles. The van der Waals surface area contributed by atoms with Gasteiger partial charge in [0.2, 0.25) is 6.29 Å². The topological polar surface area (TPSA) is 79.2 Å². The first-order valence-electron chi connectivity index (χ1n) is 6.47. The van der Waals surface area contributed by atoms with Gasteiger partial charge in [0.15, 0.2) is 0 Å². The summed E-state index contributed by atoms with van der Waals surface area (Å²) >= 11 is 0. The minimum atomic E-state index is -1.19. The van der Waals surface area contributed by atoms with Crippen molar-refractivity contribution in [2.45, 2.75) is 24.6 Å². The Morgan fingerprint density at radius 1 is 1.00 bits per heavy atom. The van der Waals surface area contributed by atoms with Crippen molar-refractivity contribution in [1.29, 1.82) is 0 Å². The summed E-state index contributed by atoms with van der Waals surface area (Å²) < 4.78 is 11.0. The van der Waals surface area contributed by atoms with Crippen LogP contribution in [0.5, 0.6) is 5.75 Å². The van der Waals surface area contributed by atoms with E-state index in [0.717, 1.165) is 10.8 Å². The Bertz CT molecular complexity index is 594. The van der Waals surface area contributed by atoms with Crippen LogP contribution in [0.3, 0.4) is 0 Å². The predicted molar refractivity (Wildman–Crippen MR) is 72.3 cm³/mol. The molecule has 1 aliphatic rings. The van der Waals surface area contributed by atoms with Gasteiger partial charge >= 0.3 is 0 Å². The van der Waals surface area contributed by atoms with Crippen LogP contribution in [0.2, 0.25) is 0 Å². The molecule has 1 fully saturated rings. The minimum absolute atomic E-state index is 0.367. The summed E-state index contributed by atoms with van der Waals surface area (Å²) in [5.41, 5.74) is 0. The standard InChI is InChI=1S/C15H16O5/c16-8-12-13(17)14(18)15(20-12)19-11-7-3-5-9-4-1-2-6-10(9)11/h1-7,12-18H,8H2/t12-,13+,14-,15?/m1/s1. The highest BCUT2D eigenvalue weighted by Gasteiger charge is 2.43. The molecule has 106 valence electrons. The third-order valence-electron chi connectivity index (χ3n) is 3.49. The Morgan fingerprint density at radius 2 is 1.75 bits per heavy atom. The number of ether oxygens (including phenoxy) is 2. The SMILES string of the molecule is OC[C@H]1OC(Oc2cccc3ccccc23)[C@H](O)[C@H]1O. The molecule has 4 atom stereocenters. The summed E-state index contributed by atoms with van der Waals surface area (Å²) in [5.74, 6) is 0.568. The zero-order valence-electron chi connectivity index (χ0n) is 10.7. The van der Waals surface area contributed by atoms with E-state index >= 15 is 0 Å². The minimum Gasteiger partial charge on any atom is -0.461 e. The van der Waals surface area contributed by atoms with Crippen molar-refractivity contribution in [2.75, 3.05) is 6.61 Å². The summed E-state index contributed by atoms with van der Waals surface area (Å²) in [7, 11) is 0. The molecule has 0 bridgehead atoms. The first-order valence-corrected chi connectivity index (χ1v) is 6.47. The van der Waals surface area contributed by atoms with E-state index in [1.165, 1.54) is 0 Å². The van der Waals surface area contributed by atoms with Crippen LogP contribution in [0.25, 0.3) is 10.8 Å². The fourth-order valence-electron chi connectivity index (χ4n) is 2.39. The first kappa shape index (κ1) is 13.3.